The van der Waals surface area contributed by atoms with E-state index in [1.807, 2.05) is 54.6 Å². The van der Waals surface area contributed by atoms with Crippen molar-refractivity contribution in [2.24, 2.45) is 10.2 Å². The molecule has 1 saturated heterocycles. The summed E-state index contributed by atoms with van der Waals surface area (Å²) < 4.78 is 5.43. The minimum atomic E-state index is -0.186. The van der Waals surface area contributed by atoms with Crippen LogP contribution in [0.15, 0.2) is 83.0 Å². The van der Waals surface area contributed by atoms with Gasteiger partial charge in [0.25, 0.3) is 0 Å². The number of carbonyl (C=O) groups is 2. The first-order chi connectivity index (χ1) is 15.7. The van der Waals surface area contributed by atoms with Gasteiger partial charge in [-0.1, -0.05) is 36.4 Å². The van der Waals surface area contributed by atoms with Crippen molar-refractivity contribution in [3.05, 3.63) is 78.4 Å². The normalized spacial score (nSPS) is 13.7. The van der Waals surface area contributed by atoms with Crippen LogP contribution in [0.3, 0.4) is 0 Å². The molecule has 2 amide bonds. The number of nitrogens with one attached hydrogen (secondary N) is 1. The van der Waals surface area contributed by atoms with Crippen LogP contribution in [0.1, 0.15) is 18.4 Å². The van der Waals surface area contributed by atoms with E-state index in [9.17, 15) is 9.59 Å². The molecule has 1 fully saturated rings. The van der Waals surface area contributed by atoms with Crippen molar-refractivity contribution >= 4 is 34.6 Å². The summed E-state index contributed by atoms with van der Waals surface area (Å²) in [5, 5.41) is 12.1. The van der Waals surface area contributed by atoms with Gasteiger partial charge in [-0.15, -0.1) is 5.11 Å². The fraction of sp³-hybridized carbons (Fsp3) is 0.200. The van der Waals surface area contributed by atoms with Crippen molar-refractivity contribution in [3.63, 3.8) is 0 Å². The highest BCUT2D eigenvalue weighted by Crippen LogP contribution is 2.33. The van der Waals surface area contributed by atoms with Gasteiger partial charge >= 0.3 is 0 Å². The van der Waals surface area contributed by atoms with Gasteiger partial charge < -0.3 is 10.1 Å². The molecule has 1 aliphatic rings. The average Bonchev–Trinajstić information content (AvgIpc) is 3.17. The Kier molecular flexibility index (Phi) is 6.55. The van der Waals surface area contributed by atoms with Gasteiger partial charge in [0, 0.05) is 19.4 Å². The fourth-order valence-electron chi connectivity index (χ4n) is 3.60. The van der Waals surface area contributed by atoms with Crippen LogP contribution in [0.25, 0.3) is 0 Å². The summed E-state index contributed by atoms with van der Waals surface area (Å²) in [5.74, 6) is 0.461. The molecule has 1 aliphatic heterocycles. The molecule has 0 saturated carbocycles. The highest BCUT2D eigenvalue weighted by Gasteiger charge is 2.30. The molecule has 0 bridgehead atoms. The zero-order valence-electron chi connectivity index (χ0n) is 17.8. The zero-order chi connectivity index (χ0) is 22.3. The summed E-state index contributed by atoms with van der Waals surface area (Å²) in [5.41, 5.74) is 3.68. The number of amides is 2. The first kappa shape index (κ1) is 21.2. The number of benzene rings is 3. The van der Waals surface area contributed by atoms with Crippen molar-refractivity contribution in [1.29, 1.82) is 0 Å². The van der Waals surface area contributed by atoms with Crippen LogP contribution >= 0.6 is 0 Å². The zero-order valence-corrected chi connectivity index (χ0v) is 17.8. The van der Waals surface area contributed by atoms with Crippen molar-refractivity contribution < 1.29 is 14.3 Å². The molecule has 1 heterocycles. The molecule has 32 heavy (non-hydrogen) atoms. The molecule has 0 radical (unpaired) electrons. The second kappa shape index (κ2) is 9.87. The van der Waals surface area contributed by atoms with Gasteiger partial charge in [-0.25, -0.2) is 0 Å². The van der Waals surface area contributed by atoms with Crippen LogP contribution in [0.5, 0.6) is 5.75 Å². The van der Waals surface area contributed by atoms with Crippen molar-refractivity contribution in [3.8, 4) is 5.75 Å². The Morgan fingerprint density at radius 3 is 2.38 bits per heavy atom. The Labute approximate surface area is 186 Å². The maximum Gasteiger partial charge on any atom is 0.234 e. The predicted octanol–water partition coefficient (Wildman–Crippen LogP) is 5.42. The third kappa shape index (κ3) is 4.83. The summed E-state index contributed by atoms with van der Waals surface area (Å²) in [6.45, 7) is 0.611. The number of azo groups is 1. The van der Waals surface area contributed by atoms with Gasteiger partial charge in [0.1, 0.15) is 11.4 Å². The topological polar surface area (TPSA) is 83.4 Å². The lowest BCUT2D eigenvalue weighted by molar-refractivity contribution is -0.121. The number of ether oxygens (including phenoxy) is 1. The SMILES string of the molecule is COc1ccccc1CCNc1cc(N2C(=O)CCC2=O)ccc1N=Nc1ccccc1. The maximum atomic E-state index is 12.2. The maximum absolute atomic E-state index is 12.2. The summed E-state index contributed by atoms with van der Waals surface area (Å²) in [4.78, 5) is 25.6. The predicted molar refractivity (Wildman–Crippen MR) is 124 cm³/mol. The Balaban J connectivity index is 1.58. The molecule has 4 rings (SSSR count). The number of imide groups is 1. The molecule has 7 heteroatoms. The molecule has 3 aromatic rings. The molecule has 0 atom stereocenters. The van der Waals surface area contributed by atoms with Crippen molar-refractivity contribution in [1.82, 2.24) is 0 Å². The van der Waals surface area contributed by atoms with Crippen LogP contribution in [0, 0.1) is 0 Å². The number of nitrogens with zero attached hydrogens (tertiary/aromatic N) is 3. The Morgan fingerprint density at radius 2 is 1.62 bits per heavy atom. The Morgan fingerprint density at radius 1 is 0.906 bits per heavy atom. The van der Waals surface area contributed by atoms with Gasteiger partial charge in [0.05, 0.1) is 24.2 Å². The fourth-order valence-corrected chi connectivity index (χ4v) is 3.60. The van der Waals surface area contributed by atoms with Crippen LogP contribution in [-0.2, 0) is 16.0 Å². The molecule has 1 N–H and O–H groups in total. The van der Waals surface area contributed by atoms with Gasteiger partial charge in [-0.2, -0.15) is 5.11 Å². The quantitative estimate of drug-likeness (QED) is 0.384. The summed E-state index contributed by atoms with van der Waals surface area (Å²) in [7, 11) is 1.65. The Hall–Kier alpha value is -4.00. The van der Waals surface area contributed by atoms with E-state index in [0.29, 0.717) is 23.6 Å². The second-order valence-electron chi connectivity index (χ2n) is 7.35. The third-order valence-electron chi connectivity index (χ3n) is 5.22. The molecule has 0 unspecified atom stereocenters. The summed E-state index contributed by atoms with van der Waals surface area (Å²) >= 11 is 0. The van der Waals surface area contributed by atoms with E-state index in [1.54, 1.807) is 25.3 Å². The van der Waals surface area contributed by atoms with Gasteiger partial charge in [0.15, 0.2) is 0 Å². The third-order valence-corrected chi connectivity index (χ3v) is 5.22. The standard InChI is InChI=1S/C25H24N4O3/c1-32-23-10-6-5-7-18(23)15-16-26-22-17-20(29-24(30)13-14-25(29)31)11-12-21(22)28-27-19-8-3-2-4-9-19/h2-12,17,26H,13-16H2,1H3. The summed E-state index contributed by atoms with van der Waals surface area (Å²) in [6, 6.07) is 22.6. The number of hydrogen-bond acceptors (Lipinski definition) is 6. The highest BCUT2D eigenvalue weighted by molar-refractivity contribution is 6.20. The molecular formula is C25H24N4O3. The Bertz CT molecular complexity index is 1130. The number of hydrogen-bond donors (Lipinski definition) is 1. The monoisotopic (exact) mass is 428 g/mol. The molecule has 0 aliphatic carbocycles. The van der Waals surface area contributed by atoms with E-state index in [2.05, 4.69) is 15.5 Å². The first-order valence-corrected chi connectivity index (χ1v) is 10.5. The molecule has 162 valence electrons. The van der Waals surface area contributed by atoms with E-state index in [0.717, 1.165) is 23.4 Å². The number of rotatable bonds is 8. The van der Waals surface area contributed by atoms with E-state index in [1.165, 1.54) is 4.90 Å². The number of methoxy groups -OCH3 is 1. The van der Waals surface area contributed by atoms with Gasteiger partial charge in [-0.05, 0) is 48.4 Å². The van der Waals surface area contributed by atoms with Crippen LogP contribution in [0.4, 0.5) is 22.7 Å². The van der Waals surface area contributed by atoms with Gasteiger partial charge in [0.2, 0.25) is 11.8 Å². The first-order valence-electron chi connectivity index (χ1n) is 10.5. The van der Waals surface area contributed by atoms with Crippen molar-refractivity contribution in [2.75, 3.05) is 23.9 Å². The smallest absolute Gasteiger partial charge is 0.234 e. The number of carbonyl (C=O) groups excluding carboxylic acids is 2. The van der Waals surface area contributed by atoms with E-state index in [-0.39, 0.29) is 24.7 Å². The van der Waals surface area contributed by atoms with E-state index >= 15 is 0 Å². The van der Waals surface area contributed by atoms with Crippen molar-refractivity contribution in [2.45, 2.75) is 19.3 Å². The summed E-state index contributed by atoms with van der Waals surface area (Å²) in [6.07, 6.45) is 1.21. The molecular weight excluding hydrogens is 404 g/mol. The lowest BCUT2D eigenvalue weighted by atomic mass is 10.1. The lowest BCUT2D eigenvalue weighted by Crippen LogP contribution is -2.28. The molecule has 0 aromatic heterocycles. The van der Waals surface area contributed by atoms with Crippen LogP contribution in [-0.4, -0.2) is 25.5 Å². The minimum absolute atomic E-state index is 0.186. The van der Waals surface area contributed by atoms with E-state index < -0.39 is 0 Å². The number of anilines is 2. The molecule has 3 aromatic carbocycles. The molecule has 0 spiro atoms. The second-order valence-corrected chi connectivity index (χ2v) is 7.35. The lowest BCUT2D eigenvalue weighted by Gasteiger charge is -2.17. The average molecular weight is 428 g/mol. The van der Waals surface area contributed by atoms with Gasteiger partial charge in [-0.3, -0.25) is 14.5 Å². The van der Waals surface area contributed by atoms with Crippen LogP contribution in [0.2, 0.25) is 0 Å². The molecule has 7 nitrogen and oxygen atoms in total. The number of para-hydroxylation sites is 1. The largest absolute Gasteiger partial charge is 0.496 e. The minimum Gasteiger partial charge on any atom is -0.496 e. The van der Waals surface area contributed by atoms with Crippen LogP contribution < -0.4 is 15.0 Å². The van der Waals surface area contributed by atoms with E-state index in [4.69, 9.17) is 4.74 Å². The highest BCUT2D eigenvalue weighted by atomic mass is 16.5.